The van der Waals surface area contributed by atoms with E-state index in [0.29, 0.717) is 17.4 Å². The van der Waals surface area contributed by atoms with Gasteiger partial charge in [0.25, 0.3) is 5.78 Å². The van der Waals surface area contributed by atoms with E-state index in [4.69, 9.17) is 5.11 Å². The van der Waals surface area contributed by atoms with Crippen molar-refractivity contribution >= 4 is 11.7 Å². The lowest BCUT2D eigenvalue weighted by Gasteiger charge is -2.02. The van der Waals surface area contributed by atoms with Gasteiger partial charge in [-0.25, -0.2) is 14.3 Å². The third-order valence-corrected chi connectivity index (χ3v) is 3.43. The third-order valence-electron chi connectivity index (χ3n) is 3.43. The van der Waals surface area contributed by atoms with Crippen LogP contribution in [0, 0.1) is 6.92 Å². The Morgan fingerprint density at radius 2 is 2.12 bits per heavy atom. The molecule has 6 nitrogen and oxygen atoms in total. The van der Waals surface area contributed by atoms with Gasteiger partial charge in [0.2, 0.25) is 0 Å². The number of H-pyrrole nitrogens is 1. The fraction of sp³-hybridized carbons (Fsp3) is 0.545. The molecule has 0 saturated heterocycles. The molecule has 1 aliphatic carbocycles. The molecule has 1 aliphatic rings. The van der Waals surface area contributed by atoms with Crippen molar-refractivity contribution in [1.29, 1.82) is 0 Å². The maximum Gasteiger partial charge on any atom is 0.356 e. The first-order valence-electron chi connectivity index (χ1n) is 5.85. The quantitative estimate of drug-likeness (QED) is 0.828. The van der Waals surface area contributed by atoms with Crippen molar-refractivity contribution in [2.75, 3.05) is 0 Å². The van der Waals surface area contributed by atoms with Gasteiger partial charge in [-0.15, -0.1) is 0 Å². The molecule has 0 bridgehead atoms. The van der Waals surface area contributed by atoms with Crippen LogP contribution in [-0.2, 0) is 0 Å². The second kappa shape index (κ2) is 3.58. The van der Waals surface area contributed by atoms with Crippen molar-refractivity contribution in [3.8, 4) is 0 Å². The van der Waals surface area contributed by atoms with Crippen molar-refractivity contribution in [3.05, 3.63) is 17.2 Å². The number of carboxylic acid groups (broad SMARTS) is 1. The topological polar surface area (TPSA) is 83.3 Å². The highest BCUT2D eigenvalue weighted by atomic mass is 16.4. The molecular weight excluding hydrogens is 220 g/mol. The smallest absolute Gasteiger partial charge is 0.356 e. The largest absolute Gasteiger partial charge is 0.476 e. The Labute approximate surface area is 97.7 Å². The van der Waals surface area contributed by atoms with E-state index in [1.54, 1.807) is 6.92 Å². The second-order valence-electron chi connectivity index (χ2n) is 4.58. The maximum atomic E-state index is 11.1. The lowest BCUT2D eigenvalue weighted by molar-refractivity contribution is 0.0687. The van der Waals surface area contributed by atoms with Crippen molar-refractivity contribution in [2.45, 2.75) is 38.5 Å². The molecule has 0 radical (unpaired) electrons. The summed E-state index contributed by atoms with van der Waals surface area (Å²) in [6.45, 7) is 1.68. The number of carbonyl (C=O) groups is 1. The van der Waals surface area contributed by atoms with Gasteiger partial charge in [-0.05, 0) is 19.8 Å². The molecule has 2 aromatic heterocycles. The number of rotatable bonds is 2. The fourth-order valence-corrected chi connectivity index (χ4v) is 2.58. The van der Waals surface area contributed by atoms with Gasteiger partial charge in [-0.2, -0.15) is 4.98 Å². The summed E-state index contributed by atoms with van der Waals surface area (Å²) in [7, 11) is 0. The highest BCUT2D eigenvalue weighted by Gasteiger charge is 2.24. The first kappa shape index (κ1) is 10.3. The molecule has 90 valence electrons. The van der Waals surface area contributed by atoms with Crippen molar-refractivity contribution in [3.63, 3.8) is 0 Å². The summed E-state index contributed by atoms with van der Waals surface area (Å²) in [5.41, 5.74) is 0.672. The molecule has 1 fully saturated rings. The predicted octanol–water partition coefficient (Wildman–Crippen LogP) is 1.72. The lowest BCUT2D eigenvalue weighted by atomic mass is 10.1. The van der Waals surface area contributed by atoms with E-state index in [1.807, 2.05) is 0 Å². The Bertz CT molecular complexity index is 578. The Morgan fingerprint density at radius 1 is 1.41 bits per heavy atom. The van der Waals surface area contributed by atoms with Gasteiger partial charge >= 0.3 is 5.97 Å². The molecule has 1 saturated carbocycles. The number of hydrogen-bond donors (Lipinski definition) is 2. The standard InChI is InChI=1S/C11H14N4O2/c1-6-8(10(16)17)15-11(12-6)13-9(14-15)7-4-2-3-5-7/h7H,2-5H2,1H3,(H,16,17)(H,12,13,14). The van der Waals surface area contributed by atoms with Crippen LogP contribution in [0.5, 0.6) is 0 Å². The van der Waals surface area contributed by atoms with Crippen molar-refractivity contribution in [1.82, 2.24) is 19.6 Å². The average molecular weight is 234 g/mol. The van der Waals surface area contributed by atoms with Gasteiger partial charge in [-0.3, -0.25) is 5.10 Å². The number of aromatic amines is 1. The Morgan fingerprint density at radius 3 is 2.76 bits per heavy atom. The molecule has 0 spiro atoms. The Hall–Kier alpha value is -1.85. The van der Waals surface area contributed by atoms with E-state index in [0.717, 1.165) is 18.7 Å². The molecule has 17 heavy (non-hydrogen) atoms. The van der Waals surface area contributed by atoms with E-state index < -0.39 is 5.97 Å². The number of aryl methyl sites for hydroxylation is 1. The minimum Gasteiger partial charge on any atom is -0.476 e. The number of imidazole rings is 1. The van der Waals surface area contributed by atoms with E-state index in [1.165, 1.54) is 17.4 Å². The van der Waals surface area contributed by atoms with Crippen molar-refractivity contribution < 1.29 is 9.90 Å². The van der Waals surface area contributed by atoms with Crippen LogP contribution in [0.3, 0.4) is 0 Å². The highest BCUT2D eigenvalue weighted by molar-refractivity contribution is 5.87. The molecular formula is C11H14N4O2. The summed E-state index contributed by atoms with van der Waals surface area (Å²) in [6, 6.07) is 0. The van der Waals surface area contributed by atoms with Crippen LogP contribution in [0.1, 0.15) is 53.6 Å². The second-order valence-corrected chi connectivity index (χ2v) is 4.58. The number of aromatic nitrogens is 4. The first-order valence-corrected chi connectivity index (χ1v) is 5.85. The minimum absolute atomic E-state index is 0.178. The molecule has 6 heteroatoms. The average Bonchev–Trinajstić information content (AvgIpc) is 2.88. The molecule has 2 aromatic rings. The molecule has 2 N–H and O–H groups in total. The number of nitrogens with zero attached hydrogens (tertiary/aromatic N) is 3. The normalized spacial score (nSPS) is 17.0. The Kier molecular flexibility index (Phi) is 2.17. The van der Waals surface area contributed by atoms with Crippen molar-refractivity contribution in [2.24, 2.45) is 0 Å². The molecule has 0 unspecified atom stereocenters. The summed E-state index contributed by atoms with van der Waals surface area (Å²) >= 11 is 0. The fourth-order valence-electron chi connectivity index (χ4n) is 2.58. The maximum absolute atomic E-state index is 11.1. The molecule has 0 aromatic carbocycles. The van der Waals surface area contributed by atoms with Crippen LogP contribution in [0.4, 0.5) is 0 Å². The molecule has 0 aliphatic heterocycles. The van der Waals surface area contributed by atoms with Gasteiger partial charge in [0.15, 0.2) is 5.69 Å². The van der Waals surface area contributed by atoms with Gasteiger partial charge in [0.05, 0.1) is 5.69 Å². The predicted molar refractivity (Wildman–Crippen MR) is 60.2 cm³/mol. The number of nitrogens with one attached hydrogen (secondary N) is 1. The zero-order valence-corrected chi connectivity index (χ0v) is 9.60. The zero-order valence-electron chi connectivity index (χ0n) is 9.60. The van der Waals surface area contributed by atoms with Gasteiger partial charge in [-0.1, -0.05) is 12.8 Å². The lowest BCUT2D eigenvalue weighted by Crippen LogP contribution is -2.05. The molecule has 0 atom stereocenters. The van der Waals surface area contributed by atoms with Gasteiger partial charge in [0.1, 0.15) is 5.82 Å². The monoisotopic (exact) mass is 234 g/mol. The van der Waals surface area contributed by atoms with Crippen LogP contribution >= 0.6 is 0 Å². The van der Waals surface area contributed by atoms with Crippen LogP contribution in [-0.4, -0.2) is 30.7 Å². The SMILES string of the molecule is Cc1nc2nc(C3CCCC3)[nH]n2c1C(=O)O. The van der Waals surface area contributed by atoms with Crippen LogP contribution in [0.15, 0.2) is 0 Å². The number of aromatic carboxylic acids is 1. The molecule has 3 rings (SSSR count). The summed E-state index contributed by atoms with van der Waals surface area (Å²) in [4.78, 5) is 19.7. The highest BCUT2D eigenvalue weighted by Crippen LogP contribution is 2.32. The number of hydrogen-bond acceptors (Lipinski definition) is 3. The summed E-state index contributed by atoms with van der Waals surface area (Å²) in [6.07, 6.45) is 4.69. The summed E-state index contributed by atoms with van der Waals surface area (Å²) in [5, 5.41) is 12.2. The third kappa shape index (κ3) is 1.51. The minimum atomic E-state index is -0.975. The molecule has 0 amide bonds. The van der Waals surface area contributed by atoms with E-state index in [2.05, 4.69) is 15.1 Å². The van der Waals surface area contributed by atoms with E-state index >= 15 is 0 Å². The zero-order chi connectivity index (χ0) is 12.0. The number of fused-ring (bicyclic) bond motifs is 1. The van der Waals surface area contributed by atoms with Crippen LogP contribution in [0.2, 0.25) is 0 Å². The number of carboxylic acids is 1. The van der Waals surface area contributed by atoms with E-state index in [9.17, 15) is 4.79 Å². The molecule has 2 heterocycles. The first-order chi connectivity index (χ1) is 8.16. The van der Waals surface area contributed by atoms with E-state index in [-0.39, 0.29) is 5.69 Å². The summed E-state index contributed by atoms with van der Waals surface area (Å²) < 4.78 is 1.48. The van der Waals surface area contributed by atoms with Crippen LogP contribution < -0.4 is 0 Å². The summed E-state index contributed by atoms with van der Waals surface area (Å²) in [5.74, 6) is 0.782. The Balaban J connectivity index is 2.10. The van der Waals surface area contributed by atoms with Gasteiger partial charge < -0.3 is 5.11 Å². The van der Waals surface area contributed by atoms with Crippen LogP contribution in [0.25, 0.3) is 5.78 Å². The van der Waals surface area contributed by atoms with Gasteiger partial charge in [0, 0.05) is 5.92 Å².